The normalized spacial score (nSPS) is 9.56. The van der Waals surface area contributed by atoms with Crippen LogP contribution in [0, 0.1) is 11.6 Å². The van der Waals surface area contributed by atoms with Gasteiger partial charge in [-0.3, -0.25) is 0 Å². The van der Waals surface area contributed by atoms with Crippen molar-refractivity contribution in [1.82, 2.24) is 0 Å². The minimum absolute atomic E-state index is 0.324. The first-order chi connectivity index (χ1) is 8.40. The van der Waals surface area contributed by atoms with Crippen LogP contribution < -0.4 is 11.5 Å². The van der Waals surface area contributed by atoms with Gasteiger partial charge in [-0.1, -0.05) is 0 Å². The maximum Gasteiger partial charge on any atom is 0.139 e. The molecule has 2 nitrogen and oxygen atoms in total. The summed E-state index contributed by atoms with van der Waals surface area (Å²) in [6.07, 6.45) is 0. The number of nitrogens with two attached hydrogens (primary N) is 2. The van der Waals surface area contributed by atoms with Gasteiger partial charge in [0.2, 0.25) is 0 Å². The van der Waals surface area contributed by atoms with Crippen LogP contribution in [0.1, 0.15) is 0 Å². The van der Waals surface area contributed by atoms with Crippen molar-refractivity contribution >= 4 is 43.2 Å². The van der Waals surface area contributed by atoms with Gasteiger partial charge >= 0.3 is 0 Å². The van der Waals surface area contributed by atoms with Crippen molar-refractivity contribution in [2.45, 2.75) is 0 Å². The molecule has 0 aromatic heterocycles. The van der Waals surface area contributed by atoms with Crippen molar-refractivity contribution in [2.24, 2.45) is 0 Å². The van der Waals surface area contributed by atoms with Gasteiger partial charge in [0.25, 0.3) is 0 Å². The molecule has 0 saturated heterocycles. The van der Waals surface area contributed by atoms with Gasteiger partial charge in [0.15, 0.2) is 0 Å². The predicted octanol–water partition coefficient (Wildman–Crippen LogP) is 4.34. The van der Waals surface area contributed by atoms with Crippen LogP contribution in [0.25, 0.3) is 0 Å². The lowest BCUT2D eigenvalue weighted by atomic mass is 10.3. The number of rotatable bonds is 0. The fourth-order valence-corrected chi connectivity index (χ4v) is 1.52. The molecule has 0 aliphatic heterocycles. The van der Waals surface area contributed by atoms with E-state index in [9.17, 15) is 8.78 Å². The van der Waals surface area contributed by atoms with E-state index in [1.165, 1.54) is 12.1 Å². The highest BCUT2D eigenvalue weighted by Gasteiger charge is 1.96. The second-order valence-corrected chi connectivity index (χ2v) is 5.06. The Bertz CT molecular complexity index is 498. The molecule has 96 valence electrons. The Morgan fingerprint density at radius 3 is 1.28 bits per heavy atom. The lowest BCUT2D eigenvalue weighted by Gasteiger charge is -1.93. The van der Waals surface area contributed by atoms with Crippen LogP contribution in [0.3, 0.4) is 0 Å². The van der Waals surface area contributed by atoms with Gasteiger partial charge in [-0.25, -0.2) is 8.78 Å². The number of benzene rings is 2. The van der Waals surface area contributed by atoms with Crippen LogP contribution in [-0.4, -0.2) is 0 Å². The fraction of sp³-hybridized carbons (Fsp3) is 0. The van der Waals surface area contributed by atoms with Crippen molar-refractivity contribution in [3.05, 3.63) is 57.0 Å². The van der Waals surface area contributed by atoms with Gasteiger partial charge in [-0.2, -0.15) is 0 Å². The molecule has 0 aliphatic rings. The summed E-state index contributed by atoms with van der Waals surface area (Å²) < 4.78 is 25.8. The third-order valence-electron chi connectivity index (χ3n) is 1.89. The molecule has 0 radical (unpaired) electrons. The average molecular weight is 380 g/mol. The number of halogens is 4. The molecule has 0 unspecified atom stereocenters. The zero-order valence-corrected chi connectivity index (χ0v) is 12.3. The van der Waals surface area contributed by atoms with Gasteiger partial charge in [0.1, 0.15) is 11.6 Å². The highest BCUT2D eigenvalue weighted by molar-refractivity contribution is 9.10. The monoisotopic (exact) mass is 378 g/mol. The summed E-state index contributed by atoms with van der Waals surface area (Å²) in [7, 11) is 0. The summed E-state index contributed by atoms with van der Waals surface area (Å²) in [6.45, 7) is 0. The van der Waals surface area contributed by atoms with Crippen molar-refractivity contribution in [3.63, 3.8) is 0 Å². The third kappa shape index (κ3) is 4.62. The van der Waals surface area contributed by atoms with Gasteiger partial charge in [-0.15, -0.1) is 0 Å². The lowest BCUT2D eigenvalue weighted by molar-refractivity contribution is 0.621. The number of hydrogen-bond acceptors (Lipinski definition) is 2. The van der Waals surface area contributed by atoms with E-state index < -0.39 is 0 Å². The summed E-state index contributed by atoms with van der Waals surface area (Å²) in [4.78, 5) is 0. The van der Waals surface area contributed by atoms with E-state index in [1.807, 2.05) is 0 Å². The van der Waals surface area contributed by atoms with E-state index in [1.54, 1.807) is 24.3 Å². The van der Waals surface area contributed by atoms with Crippen LogP contribution in [0.4, 0.5) is 20.2 Å². The van der Waals surface area contributed by atoms with E-state index in [0.29, 0.717) is 20.3 Å². The summed E-state index contributed by atoms with van der Waals surface area (Å²) in [6, 6.07) is 8.95. The molecule has 0 fully saturated rings. The van der Waals surface area contributed by atoms with Crippen molar-refractivity contribution in [2.75, 3.05) is 11.5 Å². The minimum Gasteiger partial charge on any atom is -0.399 e. The molecule has 0 atom stereocenters. The zero-order chi connectivity index (χ0) is 13.7. The largest absolute Gasteiger partial charge is 0.399 e. The molecule has 18 heavy (non-hydrogen) atoms. The van der Waals surface area contributed by atoms with E-state index in [4.69, 9.17) is 11.5 Å². The average Bonchev–Trinajstić information content (AvgIpc) is 2.30. The van der Waals surface area contributed by atoms with E-state index in [-0.39, 0.29) is 11.6 Å². The molecular formula is C12H10Br2F2N2. The Morgan fingerprint density at radius 2 is 1.06 bits per heavy atom. The molecular weight excluding hydrogens is 370 g/mol. The maximum absolute atomic E-state index is 12.5. The Balaban J connectivity index is 0.000000180. The minimum atomic E-state index is -0.324. The fourth-order valence-electron chi connectivity index (χ4n) is 1.02. The molecule has 2 rings (SSSR count). The van der Waals surface area contributed by atoms with Gasteiger partial charge in [0.05, 0.1) is 8.95 Å². The van der Waals surface area contributed by atoms with Gasteiger partial charge in [0, 0.05) is 11.4 Å². The Labute approximate surface area is 120 Å². The van der Waals surface area contributed by atoms with Crippen LogP contribution in [0.2, 0.25) is 0 Å². The molecule has 0 bridgehead atoms. The molecule has 2 aromatic rings. The smallest absolute Gasteiger partial charge is 0.139 e. The molecule has 0 amide bonds. The molecule has 6 heteroatoms. The molecule has 0 spiro atoms. The molecule has 0 saturated carbocycles. The summed E-state index contributed by atoms with van der Waals surface area (Å²) >= 11 is 6.00. The van der Waals surface area contributed by atoms with E-state index in [0.717, 1.165) is 0 Å². The van der Waals surface area contributed by atoms with Crippen LogP contribution >= 0.6 is 31.9 Å². The van der Waals surface area contributed by atoms with Crippen molar-refractivity contribution < 1.29 is 8.78 Å². The molecule has 0 aliphatic carbocycles. The first-order valence-electron chi connectivity index (χ1n) is 4.81. The van der Waals surface area contributed by atoms with E-state index >= 15 is 0 Å². The Morgan fingerprint density at radius 1 is 0.722 bits per heavy atom. The quantitative estimate of drug-likeness (QED) is 0.669. The SMILES string of the molecule is Nc1ccc(Br)c(F)c1.Nc1ccc(Br)c(F)c1. The maximum atomic E-state index is 12.5. The van der Waals surface area contributed by atoms with Gasteiger partial charge in [-0.05, 0) is 68.3 Å². The van der Waals surface area contributed by atoms with E-state index in [2.05, 4.69) is 31.9 Å². The van der Waals surface area contributed by atoms with Crippen LogP contribution in [0.15, 0.2) is 45.3 Å². The summed E-state index contributed by atoms with van der Waals surface area (Å²) in [5.74, 6) is -0.648. The van der Waals surface area contributed by atoms with Crippen molar-refractivity contribution in [1.29, 1.82) is 0 Å². The molecule has 4 N–H and O–H groups in total. The van der Waals surface area contributed by atoms with Crippen LogP contribution in [-0.2, 0) is 0 Å². The third-order valence-corrected chi connectivity index (χ3v) is 3.17. The number of nitrogen functional groups attached to an aromatic ring is 2. The summed E-state index contributed by atoms with van der Waals surface area (Å²) in [5, 5.41) is 0. The predicted molar refractivity (Wildman–Crippen MR) is 77.0 cm³/mol. The second-order valence-electron chi connectivity index (χ2n) is 3.35. The van der Waals surface area contributed by atoms with Gasteiger partial charge < -0.3 is 11.5 Å². The van der Waals surface area contributed by atoms with Crippen molar-refractivity contribution in [3.8, 4) is 0 Å². The summed E-state index contributed by atoms with van der Waals surface area (Å²) in [5.41, 5.74) is 11.4. The first-order valence-corrected chi connectivity index (χ1v) is 6.40. The first kappa shape index (κ1) is 14.9. The Kier molecular flexibility index (Phi) is 5.55. The topological polar surface area (TPSA) is 52.0 Å². The highest BCUT2D eigenvalue weighted by Crippen LogP contribution is 2.17. The molecule has 2 aromatic carbocycles. The standard InChI is InChI=1S/2C6H5BrFN/c2*7-5-2-1-4(9)3-6(5)8/h2*1-3H,9H2. The number of anilines is 2. The second kappa shape index (κ2) is 6.70. The lowest BCUT2D eigenvalue weighted by Crippen LogP contribution is -1.85. The highest BCUT2D eigenvalue weighted by atomic mass is 79.9. The van der Waals surface area contributed by atoms with Crippen LogP contribution in [0.5, 0.6) is 0 Å². The number of hydrogen-bond donors (Lipinski definition) is 2. The zero-order valence-electron chi connectivity index (χ0n) is 9.13. The Hall–Kier alpha value is -1.14. The molecule has 0 heterocycles.